The first-order chi connectivity index (χ1) is 10.1. The molecule has 110 valence electrons. The molecular weight excluding hydrogens is 464 g/mol. The maximum absolute atomic E-state index is 5.73. The highest BCUT2D eigenvalue weighted by atomic mass is 79.9. The van der Waals surface area contributed by atoms with E-state index in [4.69, 9.17) is 4.74 Å². The van der Waals surface area contributed by atoms with Crippen LogP contribution in [0.4, 0.5) is 0 Å². The SMILES string of the molecule is Brc1cnc(CNCc2cc(Br)cc3c2OCC3)c(Br)c1. The summed E-state index contributed by atoms with van der Waals surface area (Å²) < 4.78 is 8.81. The molecule has 3 nitrogen and oxygen atoms in total. The summed E-state index contributed by atoms with van der Waals surface area (Å²) in [6.45, 7) is 2.24. The average molecular weight is 477 g/mol. The van der Waals surface area contributed by atoms with Crippen LogP contribution in [-0.4, -0.2) is 11.6 Å². The van der Waals surface area contributed by atoms with E-state index < -0.39 is 0 Å². The molecule has 1 aromatic heterocycles. The Hall–Kier alpha value is -0.430. The molecule has 0 fully saturated rings. The van der Waals surface area contributed by atoms with E-state index >= 15 is 0 Å². The van der Waals surface area contributed by atoms with Crippen LogP contribution in [0.3, 0.4) is 0 Å². The molecule has 2 heterocycles. The molecule has 3 rings (SSSR count). The van der Waals surface area contributed by atoms with Crippen molar-refractivity contribution in [3.05, 3.63) is 54.6 Å². The minimum absolute atomic E-state index is 0.704. The van der Waals surface area contributed by atoms with Crippen molar-refractivity contribution in [1.82, 2.24) is 10.3 Å². The molecule has 0 saturated heterocycles. The molecule has 1 aliphatic heterocycles. The summed E-state index contributed by atoms with van der Waals surface area (Å²) in [5.41, 5.74) is 3.46. The lowest BCUT2D eigenvalue weighted by molar-refractivity contribution is 0.352. The lowest BCUT2D eigenvalue weighted by Gasteiger charge is -2.11. The molecule has 0 unspecified atom stereocenters. The fraction of sp³-hybridized carbons (Fsp3) is 0.267. The molecule has 6 heteroatoms. The van der Waals surface area contributed by atoms with E-state index in [1.54, 1.807) is 0 Å². The van der Waals surface area contributed by atoms with E-state index in [-0.39, 0.29) is 0 Å². The molecule has 1 aromatic carbocycles. The summed E-state index contributed by atoms with van der Waals surface area (Å²) in [6, 6.07) is 6.25. The number of halogens is 3. The van der Waals surface area contributed by atoms with E-state index in [0.29, 0.717) is 6.54 Å². The summed E-state index contributed by atoms with van der Waals surface area (Å²) in [5.74, 6) is 1.04. The van der Waals surface area contributed by atoms with Gasteiger partial charge in [0.2, 0.25) is 0 Å². The maximum atomic E-state index is 5.73. The van der Waals surface area contributed by atoms with Gasteiger partial charge in [0.25, 0.3) is 0 Å². The molecule has 0 spiro atoms. The monoisotopic (exact) mass is 474 g/mol. The fourth-order valence-electron chi connectivity index (χ4n) is 2.37. The summed E-state index contributed by atoms with van der Waals surface area (Å²) in [6.07, 6.45) is 2.79. The molecule has 1 N–H and O–H groups in total. The zero-order chi connectivity index (χ0) is 14.8. The molecule has 1 aliphatic rings. The highest BCUT2D eigenvalue weighted by molar-refractivity contribution is 9.11. The normalized spacial score (nSPS) is 13.1. The lowest BCUT2D eigenvalue weighted by Crippen LogP contribution is -2.14. The molecular formula is C15H13Br3N2O. The van der Waals surface area contributed by atoms with Crippen molar-refractivity contribution in [1.29, 1.82) is 0 Å². The number of aromatic nitrogens is 1. The Labute approximate surface area is 148 Å². The van der Waals surface area contributed by atoms with Gasteiger partial charge < -0.3 is 10.1 Å². The van der Waals surface area contributed by atoms with Crippen molar-refractivity contribution in [3.8, 4) is 5.75 Å². The van der Waals surface area contributed by atoms with Crippen molar-refractivity contribution in [2.24, 2.45) is 0 Å². The van der Waals surface area contributed by atoms with Gasteiger partial charge in [-0.25, -0.2) is 0 Å². The molecule has 0 amide bonds. The van der Waals surface area contributed by atoms with Crippen LogP contribution in [0.5, 0.6) is 5.75 Å². The van der Waals surface area contributed by atoms with E-state index in [0.717, 1.165) is 44.4 Å². The van der Waals surface area contributed by atoms with Gasteiger partial charge in [0, 0.05) is 44.7 Å². The van der Waals surface area contributed by atoms with Crippen LogP contribution in [0.2, 0.25) is 0 Å². The maximum Gasteiger partial charge on any atom is 0.127 e. The van der Waals surface area contributed by atoms with E-state index in [1.165, 1.54) is 11.1 Å². The number of hydrogen-bond donors (Lipinski definition) is 1. The highest BCUT2D eigenvalue weighted by Crippen LogP contribution is 2.33. The van der Waals surface area contributed by atoms with E-state index in [9.17, 15) is 0 Å². The van der Waals surface area contributed by atoms with E-state index in [1.807, 2.05) is 12.3 Å². The second kappa shape index (κ2) is 6.77. The standard InChI is InChI=1S/C15H13Br3N2O/c16-11-3-9-1-2-21-15(9)10(4-11)6-19-8-14-13(18)5-12(17)7-20-14/h3-5,7,19H,1-2,6,8H2. The van der Waals surface area contributed by atoms with Crippen LogP contribution in [-0.2, 0) is 19.5 Å². The van der Waals surface area contributed by atoms with Gasteiger partial charge >= 0.3 is 0 Å². The summed E-state index contributed by atoms with van der Waals surface area (Å²) in [5, 5.41) is 3.43. The number of ether oxygens (including phenoxy) is 1. The number of nitrogens with one attached hydrogen (secondary N) is 1. The second-order valence-corrected chi connectivity index (χ2v) is 7.52. The number of benzene rings is 1. The minimum Gasteiger partial charge on any atom is -0.493 e. The number of hydrogen-bond acceptors (Lipinski definition) is 3. The third-order valence-corrected chi connectivity index (χ3v) is 4.90. The fourth-order valence-corrected chi connectivity index (χ4v) is 4.05. The minimum atomic E-state index is 0.704. The predicted molar refractivity (Wildman–Crippen MR) is 93.5 cm³/mol. The Bertz CT molecular complexity index is 676. The largest absolute Gasteiger partial charge is 0.493 e. The van der Waals surface area contributed by atoms with Crippen LogP contribution < -0.4 is 10.1 Å². The molecule has 0 bridgehead atoms. The quantitative estimate of drug-likeness (QED) is 0.700. The lowest BCUT2D eigenvalue weighted by atomic mass is 10.1. The smallest absolute Gasteiger partial charge is 0.127 e. The number of fused-ring (bicyclic) bond motifs is 1. The Kier molecular flexibility index (Phi) is 4.99. The average Bonchev–Trinajstić information content (AvgIpc) is 2.89. The Balaban J connectivity index is 1.68. The van der Waals surface area contributed by atoms with Gasteiger partial charge in [-0.3, -0.25) is 4.98 Å². The summed E-state index contributed by atoms with van der Waals surface area (Å²) in [4.78, 5) is 4.40. The number of rotatable bonds is 4. The van der Waals surface area contributed by atoms with Crippen LogP contribution in [0, 0.1) is 0 Å². The predicted octanol–water partition coefficient (Wildman–Crippen LogP) is 4.59. The van der Waals surface area contributed by atoms with Crippen molar-refractivity contribution in [2.45, 2.75) is 19.5 Å². The highest BCUT2D eigenvalue weighted by Gasteiger charge is 2.17. The summed E-state index contributed by atoms with van der Waals surface area (Å²) in [7, 11) is 0. The van der Waals surface area contributed by atoms with Gasteiger partial charge in [0.1, 0.15) is 5.75 Å². The summed E-state index contributed by atoms with van der Waals surface area (Å²) >= 11 is 10.5. The van der Waals surface area contributed by atoms with Crippen molar-refractivity contribution in [2.75, 3.05) is 6.61 Å². The van der Waals surface area contributed by atoms with Crippen molar-refractivity contribution >= 4 is 47.8 Å². The van der Waals surface area contributed by atoms with Gasteiger partial charge in [-0.05, 0) is 55.6 Å². The second-order valence-electron chi connectivity index (χ2n) is 4.84. The third kappa shape index (κ3) is 3.67. The zero-order valence-corrected chi connectivity index (χ0v) is 15.9. The van der Waals surface area contributed by atoms with Gasteiger partial charge in [-0.15, -0.1) is 0 Å². The topological polar surface area (TPSA) is 34.2 Å². The zero-order valence-electron chi connectivity index (χ0n) is 11.1. The van der Waals surface area contributed by atoms with Crippen LogP contribution >= 0.6 is 47.8 Å². The first-order valence-electron chi connectivity index (χ1n) is 6.58. The van der Waals surface area contributed by atoms with Crippen molar-refractivity contribution < 1.29 is 4.74 Å². The molecule has 0 saturated carbocycles. The van der Waals surface area contributed by atoms with Gasteiger partial charge in [-0.1, -0.05) is 15.9 Å². The van der Waals surface area contributed by atoms with Crippen LogP contribution in [0.15, 0.2) is 37.8 Å². The van der Waals surface area contributed by atoms with Gasteiger partial charge in [-0.2, -0.15) is 0 Å². The Morgan fingerprint density at radius 2 is 1.95 bits per heavy atom. The number of nitrogens with zero attached hydrogens (tertiary/aromatic N) is 1. The van der Waals surface area contributed by atoms with E-state index in [2.05, 4.69) is 70.2 Å². The van der Waals surface area contributed by atoms with Gasteiger partial charge in [0.05, 0.1) is 12.3 Å². The Morgan fingerprint density at radius 3 is 2.76 bits per heavy atom. The van der Waals surface area contributed by atoms with Crippen LogP contribution in [0.25, 0.3) is 0 Å². The third-order valence-electron chi connectivity index (χ3n) is 3.32. The van der Waals surface area contributed by atoms with Crippen LogP contribution in [0.1, 0.15) is 16.8 Å². The molecule has 0 aliphatic carbocycles. The van der Waals surface area contributed by atoms with Crippen molar-refractivity contribution in [3.63, 3.8) is 0 Å². The molecule has 21 heavy (non-hydrogen) atoms. The first-order valence-corrected chi connectivity index (χ1v) is 8.96. The molecule has 2 aromatic rings. The first kappa shape index (κ1) is 15.5. The Morgan fingerprint density at radius 1 is 1.10 bits per heavy atom. The molecule has 0 radical (unpaired) electrons. The molecule has 0 atom stereocenters. The van der Waals surface area contributed by atoms with Gasteiger partial charge in [0.15, 0.2) is 0 Å². The number of pyridine rings is 1.